The van der Waals surface area contributed by atoms with Crippen molar-refractivity contribution in [3.05, 3.63) is 27.7 Å². The number of aliphatic hydroxyl groups is 1. The Hall–Kier alpha value is -0.960. The molecule has 116 valence electrons. The standard InChI is InChI=1S/C13H16BrNO5S/c1-8-5-9(12(16)17)6-10(11(8)14)21(19,20)15-4-3-13(2,18)7-15/h5-6,18H,3-4,7H2,1-2H3,(H,16,17). The van der Waals surface area contributed by atoms with Gasteiger partial charge in [0.1, 0.15) is 0 Å². The lowest BCUT2D eigenvalue weighted by molar-refractivity contribution is 0.0695. The third-order valence-corrected chi connectivity index (χ3v) is 6.69. The van der Waals surface area contributed by atoms with Gasteiger partial charge in [0.2, 0.25) is 10.0 Å². The number of carbonyl (C=O) groups is 1. The number of hydrogen-bond acceptors (Lipinski definition) is 4. The summed E-state index contributed by atoms with van der Waals surface area (Å²) in [5.41, 5.74) is -0.612. The zero-order valence-electron chi connectivity index (χ0n) is 11.6. The van der Waals surface area contributed by atoms with Gasteiger partial charge >= 0.3 is 5.97 Å². The summed E-state index contributed by atoms with van der Waals surface area (Å²) < 4.78 is 26.8. The number of aromatic carboxylic acids is 1. The Balaban J connectivity index is 2.53. The molecule has 1 unspecified atom stereocenters. The lowest BCUT2D eigenvalue weighted by Crippen LogP contribution is -2.34. The second-order valence-corrected chi connectivity index (χ2v) is 8.20. The first kappa shape index (κ1) is 16.4. The Morgan fingerprint density at radius 3 is 2.52 bits per heavy atom. The maximum absolute atomic E-state index is 12.7. The molecule has 1 saturated heterocycles. The SMILES string of the molecule is Cc1cc(C(=O)O)cc(S(=O)(=O)N2CCC(C)(O)C2)c1Br. The van der Waals surface area contributed by atoms with Gasteiger partial charge in [-0.25, -0.2) is 13.2 Å². The minimum Gasteiger partial charge on any atom is -0.478 e. The molecule has 1 aromatic rings. The van der Waals surface area contributed by atoms with E-state index in [1.54, 1.807) is 13.8 Å². The second-order valence-electron chi connectivity index (χ2n) is 5.50. The number of carboxylic acids is 1. The smallest absolute Gasteiger partial charge is 0.335 e. The van der Waals surface area contributed by atoms with E-state index in [9.17, 15) is 18.3 Å². The molecule has 0 saturated carbocycles. The second kappa shape index (κ2) is 5.35. The van der Waals surface area contributed by atoms with Crippen molar-refractivity contribution in [3.8, 4) is 0 Å². The number of carboxylic acid groups (broad SMARTS) is 1. The van der Waals surface area contributed by atoms with E-state index in [-0.39, 0.29) is 23.5 Å². The summed E-state index contributed by atoms with van der Waals surface area (Å²) in [6.07, 6.45) is 0.349. The van der Waals surface area contributed by atoms with Gasteiger partial charge in [0.05, 0.1) is 16.1 Å². The predicted molar refractivity (Wildman–Crippen MR) is 79.8 cm³/mol. The Bertz CT molecular complexity index is 699. The molecule has 1 atom stereocenters. The van der Waals surface area contributed by atoms with Crippen LogP contribution in [0.1, 0.15) is 29.3 Å². The summed E-state index contributed by atoms with van der Waals surface area (Å²) >= 11 is 3.21. The highest BCUT2D eigenvalue weighted by atomic mass is 79.9. The van der Waals surface area contributed by atoms with E-state index in [1.165, 1.54) is 10.4 Å². The Kier molecular flexibility index (Phi) is 4.18. The van der Waals surface area contributed by atoms with Crippen molar-refractivity contribution in [2.24, 2.45) is 0 Å². The molecule has 1 heterocycles. The van der Waals surface area contributed by atoms with E-state index in [0.717, 1.165) is 6.07 Å². The van der Waals surface area contributed by atoms with Crippen molar-refractivity contribution in [2.75, 3.05) is 13.1 Å². The topological polar surface area (TPSA) is 94.9 Å². The fraction of sp³-hybridized carbons (Fsp3) is 0.462. The number of benzene rings is 1. The minimum atomic E-state index is -3.86. The number of nitrogens with zero attached hydrogens (tertiary/aromatic N) is 1. The van der Waals surface area contributed by atoms with E-state index in [0.29, 0.717) is 16.5 Å². The predicted octanol–water partition coefficient (Wildman–Crippen LogP) is 1.60. The highest BCUT2D eigenvalue weighted by molar-refractivity contribution is 9.10. The van der Waals surface area contributed by atoms with Crippen LogP contribution in [0.3, 0.4) is 0 Å². The van der Waals surface area contributed by atoms with Gasteiger partial charge in [-0.1, -0.05) is 0 Å². The highest BCUT2D eigenvalue weighted by Crippen LogP contribution is 2.33. The van der Waals surface area contributed by atoms with Gasteiger partial charge in [0.15, 0.2) is 0 Å². The van der Waals surface area contributed by atoms with Crippen LogP contribution in [0.2, 0.25) is 0 Å². The van der Waals surface area contributed by atoms with Crippen LogP contribution in [0.15, 0.2) is 21.5 Å². The molecule has 0 spiro atoms. The van der Waals surface area contributed by atoms with Crippen molar-refractivity contribution < 1.29 is 23.4 Å². The van der Waals surface area contributed by atoms with Gasteiger partial charge in [0.25, 0.3) is 0 Å². The van der Waals surface area contributed by atoms with Gasteiger partial charge < -0.3 is 10.2 Å². The molecule has 0 bridgehead atoms. The average Bonchev–Trinajstić information content (AvgIpc) is 2.73. The summed E-state index contributed by atoms with van der Waals surface area (Å²) in [4.78, 5) is 11.0. The molecule has 1 aromatic carbocycles. The maximum atomic E-state index is 12.7. The molecule has 0 aliphatic carbocycles. The van der Waals surface area contributed by atoms with E-state index in [2.05, 4.69) is 15.9 Å². The van der Waals surface area contributed by atoms with E-state index < -0.39 is 21.6 Å². The van der Waals surface area contributed by atoms with Crippen LogP contribution >= 0.6 is 15.9 Å². The first-order valence-corrected chi connectivity index (χ1v) is 8.54. The van der Waals surface area contributed by atoms with Crippen molar-refractivity contribution >= 4 is 31.9 Å². The van der Waals surface area contributed by atoms with Crippen molar-refractivity contribution in [1.29, 1.82) is 0 Å². The van der Waals surface area contributed by atoms with Gasteiger partial charge in [0, 0.05) is 17.6 Å². The van der Waals surface area contributed by atoms with Crippen LogP contribution in [0, 0.1) is 6.92 Å². The number of β-amino-alcohol motifs (C(OH)–C–C–N with tert-alkyl or cyclic N) is 1. The first-order chi connectivity index (χ1) is 9.54. The number of halogens is 1. The molecule has 21 heavy (non-hydrogen) atoms. The van der Waals surface area contributed by atoms with Crippen molar-refractivity contribution in [1.82, 2.24) is 4.31 Å². The third kappa shape index (κ3) is 3.13. The van der Waals surface area contributed by atoms with Crippen LogP contribution in [-0.2, 0) is 10.0 Å². The molecule has 8 heteroatoms. The quantitative estimate of drug-likeness (QED) is 0.833. The van der Waals surface area contributed by atoms with Crippen molar-refractivity contribution in [2.45, 2.75) is 30.8 Å². The summed E-state index contributed by atoms with van der Waals surface area (Å²) in [6, 6.07) is 2.55. The fourth-order valence-electron chi connectivity index (χ4n) is 2.30. The Labute approximate surface area is 131 Å². The van der Waals surface area contributed by atoms with Gasteiger partial charge in [-0.2, -0.15) is 4.31 Å². The summed E-state index contributed by atoms with van der Waals surface area (Å²) in [5, 5.41) is 19.0. The van der Waals surface area contributed by atoms with Crippen LogP contribution in [0.5, 0.6) is 0 Å². The molecule has 1 aliphatic heterocycles. The van der Waals surface area contributed by atoms with Gasteiger partial charge in [-0.3, -0.25) is 0 Å². The largest absolute Gasteiger partial charge is 0.478 e. The van der Waals surface area contributed by atoms with Gasteiger partial charge in [-0.05, 0) is 53.9 Å². The molecular formula is C13H16BrNO5S. The van der Waals surface area contributed by atoms with Crippen LogP contribution in [0.25, 0.3) is 0 Å². The molecule has 2 N–H and O–H groups in total. The molecule has 2 rings (SSSR count). The zero-order chi connectivity index (χ0) is 16.0. The van der Waals surface area contributed by atoms with Crippen LogP contribution in [-0.4, -0.2) is 47.6 Å². The molecule has 0 radical (unpaired) electrons. The normalized spacial score (nSPS) is 23.4. The Morgan fingerprint density at radius 2 is 2.05 bits per heavy atom. The molecule has 6 nitrogen and oxygen atoms in total. The van der Waals surface area contributed by atoms with Crippen LogP contribution < -0.4 is 0 Å². The number of rotatable bonds is 3. The molecule has 1 aliphatic rings. The van der Waals surface area contributed by atoms with Gasteiger partial charge in [-0.15, -0.1) is 0 Å². The van der Waals surface area contributed by atoms with E-state index in [4.69, 9.17) is 5.11 Å². The molecule has 0 amide bonds. The number of hydrogen-bond donors (Lipinski definition) is 2. The fourth-order valence-corrected chi connectivity index (χ4v) is 4.86. The molecule has 0 aromatic heterocycles. The van der Waals surface area contributed by atoms with E-state index in [1.807, 2.05) is 0 Å². The molecule has 1 fully saturated rings. The summed E-state index contributed by atoms with van der Waals surface area (Å²) in [5.74, 6) is -1.18. The van der Waals surface area contributed by atoms with E-state index >= 15 is 0 Å². The minimum absolute atomic E-state index is 0.00187. The lowest BCUT2D eigenvalue weighted by atomic mass is 10.1. The maximum Gasteiger partial charge on any atom is 0.335 e. The lowest BCUT2D eigenvalue weighted by Gasteiger charge is -2.20. The first-order valence-electron chi connectivity index (χ1n) is 6.30. The monoisotopic (exact) mass is 377 g/mol. The molecular weight excluding hydrogens is 362 g/mol. The summed E-state index contributed by atoms with van der Waals surface area (Å²) in [6.45, 7) is 3.42. The summed E-state index contributed by atoms with van der Waals surface area (Å²) in [7, 11) is -3.86. The zero-order valence-corrected chi connectivity index (χ0v) is 14.0. The third-order valence-electron chi connectivity index (χ3n) is 3.50. The average molecular weight is 378 g/mol. The Morgan fingerprint density at radius 1 is 1.43 bits per heavy atom. The number of sulfonamides is 1. The van der Waals surface area contributed by atoms with Crippen LogP contribution in [0.4, 0.5) is 0 Å². The van der Waals surface area contributed by atoms with Crippen molar-refractivity contribution in [3.63, 3.8) is 0 Å². The highest BCUT2D eigenvalue weighted by Gasteiger charge is 2.39. The number of aryl methyl sites for hydroxylation is 1.